The van der Waals surface area contributed by atoms with Gasteiger partial charge in [0.2, 0.25) is 0 Å². The first-order valence-electron chi connectivity index (χ1n) is 7.68. The molecule has 2 N–H and O–H groups in total. The minimum atomic E-state index is -4.57. The quantitative estimate of drug-likeness (QED) is 0.697. The van der Waals surface area contributed by atoms with E-state index in [4.69, 9.17) is 16.3 Å². The average Bonchev–Trinajstić information content (AvgIpc) is 2.59. The molecule has 0 fully saturated rings. The van der Waals surface area contributed by atoms with Gasteiger partial charge in [-0.25, -0.2) is 0 Å². The van der Waals surface area contributed by atoms with Gasteiger partial charge in [-0.3, -0.25) is 9.78 Å². The number of benzene rings is 1. The third-order valence-corrected chi connectivity index (χ3v) is 3.60. The summed E-state index contributed by atoms with van der Waals surface area (Å²) in [5.41, 5.74) is -0.670. The van der Waals surface area contributed by atoms with Crippen LogP contribution in [-0.2, 0) is 10.9 Å². The third-order valence-electron chi connectivity index (χ3n) is 3.37. The molecule has 0 aliphatic rings. The van der Waals surface area contributed by atoms with E-state index >= 15 is 0 Å². The molecule has 140 valence electrons. The molecule has 9 heteroatoms. The van der Waals surface area contributed by atoms with Crippen molar-refractivity contribution in [2.24, 2.45) is 0 Å². The summed E-state index contributed by atoms with van der Waals surface area (Å²) in [6, 6.07) is 6.27. The molecule has 26 heavy (non-hydrogen) atoms. The molecule has 0 bridgehead atoms. The second-order valence-corrected chi connectivity index (χ2v) is 5.78. The van der Waals surface area contributed by atoms with E-state index in [0.29, 0.717) is 25.3 Å². The van der Waals surface area contributed by atoms with Crippen LogP contribution in [0.25, 0.3) is 0 Å². The average molecular weight is 388 g/mol. The molecule has 0 aliphatic carbocycles. The van der Waals surface area contributed by atoms with E-state index in [0.717, 1.165) is 6.07 Å². The van der Waals surface area contributed by atoms with Crippen LogP contribution < -0.4 is 10.6 Å². The Kier molecular flexibility index (Phi) is 6.82. The molecule has 1 amide bonds. The normalized spacial score (nSPS) is 11.3. The van der Waals surface area contributed by atoms with E-state index in [1.807, 2.05) is 0 Å². The number of hydrogen-bond acceptors (Lipinski definition) is 4. The number of rotatable bonds is 7. The number of halogens is 4. The highest BCUT2D eigenvalue weighted by atomic mass is 35.5. The topological polar surface area (TPSA) is 63.2 Å². The largest absolute Gasteiger partial charge is 0.418 e. The number of alkyl halides is 3. The summed E-state index contributed by atoms with van der Waals surface area (Å²) in [5, 5.41) is 5.30. The first kappa shape index (κ1) is 20.0. The summed E-state index contributed by atoms with van der Waals surface area (Å²) >= 11 is 5.66. The van der Waals surface area contributed by atoms with Gasteiger partial charge >= 0.3 is 6.18 Å². The van der Waals surface area contributed by atoms with Crippen LogP contribution in [0.2, 0.25) is 5.02 Å². The van der Waals surface area contributed by atoms with Crippen LogP contribution in [0.1, 0.15) is 22.5 Å². The van der Waals surface area contributed by atoms with Crippen LogP contribution in [0.4, 0.5) is 24.5 Å². The number of nitrogens with one attached hydrogen (secondary N) is 2. The van der Waals surface area contributed by atoms with Gasteiger partial charge in [0.15, 0.2) is 0 Å². The Balaban J connectivity index is 2.15. The predicted octanol–water partition coefficient (Wildman–Crippen LogP) is 4.26. The lowest BCUT2D eigenvalue weighted by Gasteiger charge is -2.15. The number of amides is 1. The van der Waals surface area contributed by atoms with E-state index < -0.39 is 17.6 Å². The molecule has 1 aromatic heterocycles. The molecule has 1 heterocycles. The van der Waals surface area contributed by atoms with Crippen molar-refractivity contribution in [3.63, 3.8) is 0 Å². The lowest BCUT2D eigenvalue weighted by atomic mass is 10.1. The van der Waals surface area contributed by atoms with E-state index in [9.17, 15) is 18.0 Å². The van der Waals surface area contributed by atoms with Crippen molar-refractivity contribution in [1.29, 1.82) is 0 Å². The summed E-state index contributed by atoms with van der Waals surface area (Å²) < 4.78 is 44.4. The zero-order valence-corrected chi connectivity index (χ0v) is 14.6. The van der Waals surface area contributed by atoms with Gasteiger partial charge in [-0.1, -0.05) is 11.6 Å². The van der Waals surface area contributed by atoms with Crippen molar-refractivity contribution in [1.82, 2.24) is 10.3 Å². The molecule has 0 unspecified atom stereocenters. The number of anilines is 2. The van der Waals surface area contributed by atoms with Crippen LogP contribution >= 0.6 is 11.6 Å². The number of pyridine rings is 1. The monoisotopic (exact) mass is 387 g/mol. The van der Waals surface area contributed by atoms with Crippen LogP contribution in [0.5, 0.6) is 0 Å². The van der Waals surface area contributed by atoms with Crippen molar-refractivity contribution in [2.45, 2.75) is 12.6 Å². The van der Waals surface area contributed by atoms with Crippen LogP contribution in [0, 0.1) is 0 Å². The van der Waals surface area contributed by atoms with Gasteiger partial charge in [-0.15, -0.1) is 0 Å². The molecular weight excluding hydrogens is 371 g/mol. The molecule has 0 saturated carbocycles. The molecule has 0 saturated heterocycles. The zero-order chi connectivity index (χ0) is 19.2. The first-order chi connectivity index (χ1) is 12.3. The van der Waals surface area contributed by atoms with Gasteiger partial charge in [-0.05, 0) is 36.8 Å². The fourth-order valence-corrected chi connectivity index (χ4v) is 2.33. The maximum atomic E-state index is 13.2. The molecule has 0 radical (unpaired) electrons. The standard InChI is InChI=1S/C17H17ClF3N3O2/c1-26-8-2-6-23-16(25)15-10-12(5-7-22-15)24-14-4-3-11(18)9-13(14)17(19,20)21/h3-5,7,9-10H,2,6,8H2,1H3,(H,22,24)(H,23,25). The molecule has 0 atom stereocenters. The Morgan fingerprint density at radius 2 is 2.04 bits per heavy atom. The number of ether oxygens (including phenoxy) is 1. The van der Waals surface area contributed by atoms with E-state index in [1.165, 1.54) is 30.5 Å². The second kappa shape index (κ2) is 8.86. The summed E-state index contributed by atoms with van der Waals surface area (Å²) in [6.07, 6.45) is -2.59. The molecule has 0 spiro atoms. The fraction of sp³-hybridized carbons (Fsp3) is 0.294. The minimum Gasteiger partial charge on any atom is -0.385 e. The Hall–Kier alpha value is -2.32. The van der Waals surface area contributed by atoms with Gasteiger partial charge < -0.3 is 15.4 Å². The van der Waals surface area contributed by atoms with Gasteiger partial charge in [0.1, 0.15) is 5.69 Å². The van der Waals surface area contributed by atoms with Crippen LogP contribution in [0.15, 0.2) is 36.5 Å². The Bertz CT molecular complexity index is 769. The minimum absolute atomic E-state index is 0.0197. The summed E-state index contributed by atoms with van der Waals surface area (Å²) in [7, 11) is 1.56. The van der Waals surface area contributed by atoms with E-state index in [-0.39, 0.29) is 16.4 Å². The Morgan fingerprint density at radius 1 is 1.27 bits per heavy atom. The molecule has 1 aromatic carbocycles. The number of aromatic nitrogens is 1. The SMILES string of the molecule is COCCCNC(=O)c1cc(Nc2ccc(Cl)cc2C(F)(F)F)ccn1. The Labute approximate surface area is 153 Å². The fourth-order valence-electron chi connectivity index (χ4n) is 2.16. The molecule has 0 aliphatic heterocycles. The van der Waals surface area contributed by atoms with Crippen molar-refractivity contribution in [3.8, 4) is 0 Å². The maximum Gasteiger partial charge on any atom is 0.418 e. The number of carbonyl (C=O) groups is 1. The van der Waals surface area contributed by atoms with Gasteiger partial charge in [-0.2, -0.15) is 13.2 Å². The van der Waals surface area contributed by atoms with Crippen molar-refractivity contribution in [2.75, 3.05) is 25.6 Å². The smallest absolute Gasteiger partial charge is 0.385 e. The highest BCUT2D eigenvalue weighted by Crippen LogP contribution is 2.37. The summed E-state index contributed by atoms with van der Waals surface area (Å²) in [5.74, 6) is -0.420. The summed E-state index contributed by atoms with van der Waals surface area (Å²) in [6.45, 7) is 0.910. The number of hydrogen-bond donors (Lipinski definition) is 2. The molecule has 5 nitrogen and oxygen atoms in total. The zero-order valence-electron chi connectivity index (χ0n) is 13.9. The number of nitrogens with zero attached hydrogens (tertiary/aromatic N) is 1. The Morgan fingerprint density at radius 3 is 2.73 bits per heavy atom. The predicted molar refractivity (Wildman–Crippen MR) is 92.8 cm³/mol. The maximum absolute atomic E-state index is 13.2. The molecule has 2 aromatic rings. The number of methoxy groups -OCH3 is 1. The van der Waals surface area contributed by atoms with Crippen molar-refractivity contribution >= 4 is 28.9 Å². The van der Waals surface area contributed by atoms with Gasteiger partial charge in [0.25, 0.3) is 5.91 Å². The number of carbonyl (C=O) groups excluding carboxylic acids is 1. The van der Waals surface area contributed by atoms with Crippen molar-refractivity contribution < 1.29 is 22.7 Å². The van der Waals surface area contributed by atoms with Gasteiger partial charge in [0, 0.05) is 37.2 Å². The highest BCUT2D eigenvalue weighted by molar-refractivity contribution is 6.30. The third kappa shape index (κ3) is 5.60. The second-order valence-electron chi connectivity index (χ2n) is 5.34. The lowest BCUT2D eigenvalue weighted by molar-refractivity contribution is -0.136. The van der Waals surface area contributed by atoms with Crippen LogP contribution in [-0.4, -0.2) is 31.2 Å². The molecular formula is C17H17ClF3N3O2. The van der Waals surface area contributed by atoms with Gasteiger partial charge in [0.05, 0.1) is 11.3 Å². The van der Waals surface area contributed by atoms with E-state index in [1.54, 1.807) is 7.11 Å². The van der Waals surface area contributed by atoms with Crippen molar-refractivity contribution in [3.05, 3.63) is 52.8 Å². The summed E-state index contributed by atoms with van der Waals surface area (Å²) in [4.78, 5) is 16.0. The molecule has 2 rings (SSSR count). The first-order valence-corrected chi connectivity index (χ1v) is 8.06. The highest BCUT2D eigenvalue weighted by Gasteiger charge is 2.33. The van der Waals surface area contributed by atoms with Crippen LogP contribution in [0.3, 0.4) is 0 Å². The lowest BCUT2D eigenvalue weighted by Crippen LogP contribution is -2.26. The van der Waals surface area contributed by atoms with E-state index in [2.05, 4.69) is 15.6 Å².